The van der Waals surface area contributed by atoms with Gasteiger partial charge in [-0.05, 0) is 74.0 Å². The largest absolute Gasteiger partial charge is 0.481 e. The van der Waals surface area contributed by atoms with Gasteiger partial charge in [0.2, 0.25) is 0 Å². The first-order valence-corrected chi connectivity index (χ1v) is 14.3. The molecule has 5 aliphatic carbocycles. The number of carboxylic acids is 1. The number of aldehydes is 1. The van der Waals surface area contributed by atoms with Crippen LogP contribution in [0.3, 0.4) is 0 Å². The molecule has 0 spiro atoms. The Morgan fingerprint density at radius 1 is 1.09 bits per heavy atom. The van der Waals surface area contributed by atoms with Crippen LogP contribution in [0.15, 0.2) is 11.6 Å². The van der Waals surface area contributed by atoms with E-state index in [9.17, 15) is 14.7 Å². The summed E-state index contributed by atoms with van der Waals surface area (Å²) in [4.78, 5) is 27.0. The van der Waals surface area contributed by atoms with Crippen molar-refractivity contribution >= 4 is 12.3 Å². The molecule has 4 bridgehead atoms. The molecule has 0 radical (unpaired) electrons. The third kappa shape index (κ3) is 2.50. The van der Waals surface area contributed by atoms with Crippen molar-refractivity contribution in [1.82, 2.24) is 0 Å². The van der Waals surface area contributed by atoms with Crippen molar-refractivity contribution < 1.29 is 19.4 Å². The fourth-order valence-corrected chi connectivity index (χ4v) is 11.2. The fraction of sp³-hybridized carbons (Fsp3) is 0.867. The van der Waals surface area contributed by atoms with Gasteiger partial charge in [-0.25, -0.2) is 0 Å². The number of carboxylic acid groups (broad SMARTS) is 1. The quantitative estimate of drug-likeness (QED) is 0.381. The Bertz CT molecular complexity index is 901. The maximum absolute atomic E-state index is 13.7. The van der Waals surface area contributed by atoms with E-state index in [0.717, 1.165) is 44.0 Å². The number of rotatable bonds is 5. The van der Waals surface area contributed by atoms with Gasteiger partial charge >= 0.3 is 5.97 Å². The van der Waals surface area contributed by atoms with Crippen LogP contribution in [0.4, 0.5) is 0 Å². The first kappa shape index (κ1) is 23.3. The second-order valence-corrected chi connectivity index (χ2v) is 13.5. The highest BCUT2D eigenvalue weighted by molar-refractivity contribution is 5.90. The average Bonchev–Trinajstić information content (AvgIpc) is 3.52. The number of fused-ring (bicyclic) bond motifs is 2. The Labute approximate surface area is 205 Å². The topological polar surface area (TPSA) is 63.6 Å². The van der Waals surface area contributed by atoms with Crippen LogP contribution in [0.2, 0.25) is 0 Å². The minimum absolute atomic E-state index is 0.0569. The molecule has 3 unspecified atom stereocenters. The van der Waals surface area contributed by atoms with Gasteiger partial charge in [-0.15, -0.1) is 0 Å². The lowest BCUT2D eigenvalue weighted by Gasteiger charge is -2.60. The standard InChI is InChI=1S/C30H44O4/c1-17(2)25-12-21-14-28(16-31)24-11-10-18(3)23(24)15-29(21,30(25,28)27(32)33)26-13-22(19(4)34-26)20-8-6-5-7-9-20/h12,16-24,26H,5-11,13-15H2,1-4H3,(H,32,33)/t18-,19+,21?,22-,23-,24-,26-,28?,29?,30+/m1/s1. The SMILES string of the molecule is CC(C)C1=CC2CC3(C=O)[C@@H]4CC[C@@H](C)[C@H]4CC2([C@H]2C[C@@H](C4CCCCC4)[C@H](C)O2)[C@]13C(=O)O. The zero-order chi connectivity index (χ0) is 24.0. The van der Waals surface area contributed by atoms with Gasteiger partial charge in [0.15, 0.2) is 0 Å². The van der Waals surface area contributed by atoms with Crippen molar-refractivity contribution in [3.05, 3.63) is 11.6 Å². The van der Waals surface area contributed by atoms with Crippen molar-refractivity contribution in [2.24, 2.45) is 57.7 Å². The fourth-order valence-electron chi connectivity index (χ4n) is 11.2. The summed E-state index contributed by atoms with van der Waals surface area (Å²) in [6.07, 6.45) is 14.9. The molecule has 1 aliphatic heterocycles. The van der Waals surface area contributed by atoms with Crippen molar-refractivity contribution in [3.63, 3.8) is 0 Å². The lowest BCUT2D eigenvalue weighted by atomic mass is 9.41. The lowest BCUT2D eigenvalue weighted by Crippen LogP contribution is -2.65. The van der Waals surface area contributed by atoms with Gasteiger partial charge in [0.05, 0.1) is 17.6 Å². The summed E-state index contributed by atoms with van der Waals surface area (Å²) < 4.78 is 6.93. The van der Waals surface area contributed by atoms with Gasteiger partial charge in [0.1, 0.15) is 11.7 Å². The summed E-state index contributed by atoms with van der Waals surface area (Å²) in [7, 11) is 0. The summed E-state index contributed by atoms with van der Waals surface area (Å²) in [6, 6.07) is 0. The zero-order valence-electron chi connectivity index (χ0n) is 21.6. The van der Waals surface area contributed by atoms with Crippen LogP contribution >= 0.6 is 0 Å². The molecule has 1 N–H and O–H groups in total. The third-order valence-electron chi connectivity index (χ3n) is 12.3. The van der Waals surface area contributed by atoms with Gasteiger partial charge in [-0.1, -0.05) is 70.9 Å². The van der Waals surface area contributed by atoms with Crippen molar-refractivity contribution in [2.75, 3.05) is 0 Å². The smallest absolute Gasteiger partial charge is 0.315 e. The Morgan fingerprint density at radius 3 is 2.47 bits per heavy atom. The molecule has 1 heterocycles. The number of hydrogen-bond donors (Lipinski definition) is 1. The summed E-state index contributed by atoms with van der Waals surface area (Å²) >= 11 is 0. The van der Waals surface area contributed by atoms with Crippen LogP contribution in [-0.4, -0.2) is 29.6 Å². The van der Waals surface area contributed by atoms with E-state index in [0.29, 0.717) is 23.7 Å². The van der Waals surface area contributed by atoms with E-state index in [4.69, 9.17) is 4.74 Å². The monoisotopic (exact) mass is 468 g/mol. The predicted molar refractivity (Wildman–Crippen MR) is 131 cm³/mol. The van der Waals surface area contributed by atoms with E-state index in [2.05, 4.69) is 33.8 Å². The molecule has 6 aliphatic rings. The highest BCUT2D eigenvalue weighted by atomic mass is 16.5. The highest BCUT2D eigenvalue weighted by Gasteiger charge is 2.86. The van der Waals surface area contributed by atoms with E-state index >= 15 is 0 Å². The van der Waals surface area contributed by atoms with E-state index < -0.39 is 22.2 Å². The number of hydrogen-bond acceptors (Lipinski definition) is 3. The molecule has 0 aromatic rings. The molecule has 1 saturated heterocycles. The molecule has 5 fully saturated rings. The van der Waals surface area contributed by atoms with Gasteiger partial charge in [-0.2, -0.15) is 0 Å². The van der Waals surface area contributed by atoms with E-state index in [-0.39, 0.29) is 30.0 Å². The lowest BCUT2D eigenvalue weighted by molar-refractivity contribution is -0.196. The molecular formula is C30H44O4. The minimum Gasteiger partial charge on any atom is -0.481 e. The van der Waals surface area contributed by atoms with Crippen LogP contribution in [-0.2, 0) is 14.3 Å². The van der Waals surface area contributed by atoms with Gasteiger partial charge < -0.3 is 14.6 Å². The van der Waals surface area contributed by atoms with Crippen LogP contribution < -0.4 is 0 Å². The number of ether oxygens (including phenoxy) is 1. The average molecular weight is 469 g/mol. The number of carbonyl (C=O) groups excluding carboxylic acids is 1. The van der Waals surface area contributed by atoms with E-state index in [1.54, 1.807) is 0 Å². The van der Waals surface area contributed by atoms with Gasteiger partial charge in [-0.3, -0.25) is 4.79 Å². The Morgan fingerprint density at radius 2 is 1.82 bits per heavy atom. The number of carbonyl (C=O) groups is 2. The van der Waals surface area contributed by atoms with Crippen LogP contribution in [0.25, 0.3) is 0 Å². The summed E-state index contributed by atoms with van der Waals surface area (Å²) in [6.45, 7) is 8.86. The maximum atomic E-state index is 13.7. The van der Waals surface area contributed by atoms with Gasteiger partial charge in [0.25, 0.3) is 0 Å². The molecule has 188 valence electrons. The van der Waals surface area contributed by atoms with Crippen molar-refractivity contribution in [1.29, 1.82) is 0 Å². The van der Waals surface area contributed by atoms with E-state index in [1.165, 1.54) is 32.1 Å². The summed E-state index contributed by atoms with van der Waals surface area (Å²) in [5, 5.41) is 11.2. The minimum atomic E-state index is -1.10. The van der Waals surface area contributed by atoms with Gasteiger partial charge in [0, 0.05) is 5.41 Å². The molecule has 0 aromatic heterocycles. The zero-order valence-corrected chi connectivity index (χ0v) is 21.6. The van der Waals surface area contributed by atoms with Crippen LogP contribution in [0, 0.1) is 57.7 Å². The molecule has 4 saturated carbocycles. The second kappa shape index (κ2) is 7.67. The highest BCUT2D eigenvalue weighted by Crippen LogP contribution is 2.84. The Hall–Kier alpha value is -1.16. The maximum Gasteiger partial charge on any atom is 0.315 e. The Balaban J connectivity index is 1.50. The first-order chi connectivity index (χ1) is 16.2. The molecule has 0 amide bonds. The Kier molecular flexibility index (Phi) is 5.24. The predicted octanol–water partition coefficient (Wildman–Crippen LogP) is 6.28. The molecule has 6 rings (SSSR count). The first-order valence-electron chi connectivity index (χ1n) is 14.3. The molecule has 0 aromatic carbocycles. The number of allylic oxidation sites excluding steroid dienone is 1. The van der Waals surface area contributed by atoms with E-state index in [1.807, 2.05) is 0 Å². The van der Waals surface area contributed by atoms with Crippen LogP contribution in [0.1, 0.15) is 91.9 Å². The van der Waals surface area contributed by atoms with Crippen LogP contribution in [0.5, 0.6) is 0 Å². The van der Waals surface area contributed by atoms with Crippen molar-refractivity contribution in [3.8, 4) is 0 Å². The number of aliphatic carboxylic acids is 1. The second-order valence-electron chi connectivity index (χ2n) is 13.5. The third-order valence-corrected chi connectivity index (χ3v) is 12.3. The molecule has 10 atom stereocenters. The van der Waals surface area contributed by atoms with Crippen molar-refractivity contribution in [2.45, 2.75) is 104 Å². The normalized spacial score (nSPS) is 52.1. The molecular weight excluding hydrogens is 424 g/mol. The summed E-state index contributed by atoms with van der Waals surface area (Å²) in [5.41, 5.74) is -1.31. The molecule has 4 heteroatoms. The molecule has 4 nitrogen and oxygen atoms in total. The summed E-state index contributed by atoms with van der Waals surface area (Å²) in [5.74, 6) is 1.96. The molecule has 34 heavy (non-hydrogen) atoms.